The first-order valence-electron chi connectivity index (χ1n) is 11.7. The first-order valence-corrected chi connectivity index (χ1v) is 11.7. The lowest BCUT2D eigenvalue weighted by molar-refractivity contribution is -0.143. The van der Waals surface area contributed by atoms with Crippen LogP contribution in [0.15, 0.2) is 54.9 Å². The van der Waals surface area contributed by atoms with E-state index in [-0.39, 0.29) is 29.4 Å². The molecule has 0 bridgehead atoms. The van der Waals surface area contributed by atoms with Crippen LogP contribution in [-0.4, -0.2) is 36.9 Å². The third-order valence-electron chi connectivity index (χ3n) is 6.94. The number of carbonyl (C=O) groups excluding carboxylic acids is 1. The van der Waals surface area contributed by atoms with Crippen molar-refractivity contribution in [1.29, 1.82) is 0 Å². The summed E-state index contributed by atoms with van der Waals surface area (Å²) in [4.78, 5) is 24.0. The zero-order valence-corrected chi connectivity index (χ0v) is 18.8. The number of amides is 1. The number of fused-ring (bicyclic) bond motifs is 4. The quantitative estimate of drug-likeness (QED) is 0.394. The Bertz CT molecular complexity index is 1430. The molecule has 6 nitrogen and oxygen atoms in total. The summed E-state index contributed by atoms with van der Waals surface area (Å²) in [6.07, 6.45) is 2.01. The first kappa shape index (κ1) is 21.8. The lowest BCUT2D eigenvalue weighted by Crippen LogP contribution is -2.38. The Morgan fingerprint density at radius 2 is 1.91 bits per heavy atom. The third kappa shape index (κ3) is 3.66. The molecule has 1 atom stereocenters. The predicted molar refractivity (Wildman–Crippen MR) is 123 cm³/mol. The van der Waals surface area contributed by atoms with Gasteiger partial charge < -0.3 is 4.90 Å². The van der Waals surface area contributed by atoms with Crippen molar-refractivity contribution in [1.82, 2.24) is 24.5 Å². The number of halogens is 3. The number of hydrogen-bond acceptors (Lipinski definition) is 4. The van der Waals surface area contributed by atoms with Crippen LogP contribution in [0.2, 0.25) is 0 Å². The van der Waals surface area contributed by atoms with Gasteiger partial charge in [0.15, 0.2) is 17.0 Å². The number of aryl methyl sites for hydroxylation is 1. The summed E-state index contributed by atoms with van der Waals surface area (Å²) >= 11 is 0. The number of likely N-dealkylation sites (tertiary alicyclic amines) is 1. The molecule has 0 spiro atoms. The SMILES string of the molecule is O=C(c1cc2nc3c(c(C(F)(F)F)n2n1)CCc1ccccc1-3)N1CCCC[C@@H]1c1cccnc1. The predicted octanol–water partition coefficient (Wildman–Crippen LogP) is 5.28. The van der Waals surface area contributed by atoms with Gasteiger partial charge in [-0.05, 0) is 49.3 Å². The molecule has 35 heavy (non-hydrogen) atoms. The number of aromatic nitrogens is 4. The number of carbonyl (C=O) groups is 1. The van der Waals surface area contributed by atoms with Gasteiger partial charge in [0.05, 0.1) is 11.7 Å². The second kappa shape index (κ2) is 8.18. The molecule has 1 fully saturated rings. The maximum absolute atomic E-state index is 14.3. The second-order valence-corrected chi connectivity index (χ2v) is 9.04. The number of nitrogens with zero attached hydrogens (tertiary/aromatic N) is 5. The fourth-order valence-electron chi connectivity index (χ4n) is 5.36. The van der Waals surface area contributed by atoms with Crippen LogP contribution in [0.25, 0.3) is 16.9 Å². The van der Waals surface area contributed by atoms with E-state index in [1.54, 1.807) is 29.4 Å². The Morgan fingerprint density at radius 3 is 2.71 bits per heavy atom. The highest BCUT2D eigenvalue weighted by molar-refractivity contribution is 5.94. The minimum Gasteiger partial charge on any atom is -0.330 e. The molecular weight excluding hydrogens is 455 g/mol. The molecule has 4 heterocycles. The van der Waals surface area contributed by atoms with Crippen LogP contribution < -0.4 is 0 Å². The van der Waals surface area contributed by atoms with Crippen LogP contribution in [0.3, 0.4) is 0 Å². The molecule has 178 valence electrons. The third-order valence-corrected chi connectivity index (χ3v) is 6.94. The fraction of sp³-hybridized carbons (Fsp3) is 0.308. The Labute approximate surface area is 199 Å². The average Bonchev–Trinajstić information content (AvgIpc) is 3.30. The number of rotatable bonds is 2. The van der Waals surface area contributed by atoms with E-state index in [2.05, 4.69) is 15.1 Å². The van der Waals surface area contributed by atoms with Crippen molar-refractivity contribution in [2.75, 3.05) is 6.54 Å². The van der Waals surface area contributed by atoms with Crippen LogP contribution in [0, 0.1) is 0 Å². The summed E-state index contributed by atoms with van der Waals surface area (Å²) in [5.41, 5.74) is 2.14. The highest BCUT2D eigenvalue weighted by Gasteiger charge is 2.41. The van der Waals surface area contributed by atoms with Gasteiger partial charge in [-0.3, -0.25) is 9.78 Å². The van der Waals surface area contributed by atoms with Crippen molar-refractivity contribution < 1.29 is 18.0 Å². The van der Waals surface area contributed by atoms with Gasteiger partial charge in [-0.1, -0.05) is 30.3 Å². The molecule has 6 rings (SSSR count). The molecule has 9 heteroatoms. The summed E-state index contributed by atoms with van der Waals surface area (Å²) < 4.78 is 43.8. The molecule has 4 aromatic rings. The van der Waals surface area contributed by atoms with E-state index in [1.807, 2.05) is 24.3 Å². The summed E-state index contributed by atoms with van der Waals surface area (Å²) in [5.74, 6) is -0.393. The molecular formula is C26H22F3N5O. The van der Waals surface area contributed by atoms with E-state index in [1.165, 1.54) is 6.07 Å². The lowest BCUT2D eigenvalue weighted by Gasteiger charge is -2.35. The molecule has 1 aliphatic carbocycles. The molecule has 1 aliphatic heterocycles. The van der Waals surface area contributed by atoms with Crippen molar-refractivity contribution in [3.05, 3.63) is 82.9 Å². The van der Waals surface area contributed by atoms with Gasteiger partial charge in [-0.25, -0.2) is 9.50 Å². The van der Waals surface area contributed by atoms with Crippen molar-refractivity contribution in [2.45, 2.75) is 44.3 Å². The number of pyridine rings is 1. The van der Waals surface area contributed by atoms with Gasteiger partial charge in [0.1, 0.15) is 0 Å². The molecule has 1 saturated heterocycles. The molecule has 2 aliphatic rings. The van der Waals surface area contributed by atoms with E-state index in [9.17, 15) is 18.0 Å². The zero-order valence-electron chi connectivity index (χ0n) is 18.8. The van der Waals surface area contributed by atoms with E-state index >= 15 is 0 Å². The molecule has 0 unspecified atom stereocenters. The maximum atomic E-state index is 14.3. The van der Waals surface area contributed by atoms with E-state index in [0.29, 0.717) is 24.2 Å². The second-order valence-electron chi connectivity index (χ2n) is 9.04. The van der Waals surface area contributed by atoms with Gasteiger partial charge in [-0.2, -0.15) is 18.3 Å². The Morgan fingerprint density at radius 1 is 1.06 bits per heavy atom. The highest BCUT2D eigenvalue weighted by atomic mass is 19.4. The number of hydrogen-bond donors (Lipinski definition) is 0. The lowest BCUT2D eigenvalue weighted by atomic mass is 9.88. The Hall–Kier alpha value is -3.75. The van der Waals surface area contributed by atoms with Crippen molar-refractivity contribution in [3.63, 3.8) is 0 Å². The van der Waals surface area contributed by atoms with Crippen molar-refractivity contribution >= 4 is 11.6 Å². The molecule has 1 aromatic carbocycles. The van der Waals surface area contributed by atoms with Crippen LogP contribution in [0.1, 0.15) is 58.2 Å². The summed E-state index contributed by atoms with van der Waals surface area (Å²) in [6.45, 7) is 0.510. The largest absolute Gasteiger partial charge is 0.433 e. The summed E-state index contributed by atoms with van der Waals surface area (Å²) in [5, 5.41) is 4.17. The van der Waals surface area contributed by atoms with Gasteiger partial charge in [0.2, 0.25) is 0 Å². The topological polar surface area (TPSA) is 63.4 Å². The normalized spacial score (nSPS) is 17.8. The fourth-order valence-corrected chi connectivity index (χ4v) is 5.36. The monoisotopic (exact) mass is 477 g/mol. The summed E-state index contributed by atoms with van der Waals surface area (Å²) in [6, 6.07) is 12.3. The zero-order chi connectivity index (χ0) is 24.2. The van der Waals surface area contributed by atoms with E-state index in [0.717, 1.165) is 34.9 Å². The van der Waals surface area contributed by atoms with Gasteiger partial charge >= 0.3 is 6.18 Å². The summed E-state index contributed by atoms with van der Waals surface area (Å²) in [7, 11) is 0. The van der Waals surface area contributed by atoms with Crippen LogP contribution >= 0.6 is 0 Å². The molecule has 3 aromatic heterocycles. The standard InChI is InChI=1S/C26H22F3N5O/c27-26(28,29)24-19-11-10-16-6-1-2-8-18(16)23(19)31-22-14-20(32-34(22)24)25(35)33-13-4-3-9-21(33)17-7-5-12-30-15-17/h1-2,5-8,12,14-15,21H,3-4,9-11,13H2/t21-/m1/s1. The Balaban J connectivity index is 1.48. The van der Waals surface area contributed by atoms with Crippen molar-refractivity contribution in [3.8, 4) is 11.3 Å². The number of alkyl halides is 3. The van der Waals surface area contributed by atoms with E-state index in [4.69, 9.17) is 0 Å². The molecule has 1 amide bonds. The Kier molecular flexibility index (Phi) is 5.09. The molecule has 0 N–H and O–H groups in total. The number of benzene rings is 1. The highest BCUT2D eigenvalue weighted by Crippen LogP contribution is 2.41. The van der Waals surface area contributed by atoms with Crippen LogP contribution in [0.4, 0.5) is 13.2 Å². The van der Waals surface area contributed by atoms with Crippen LogP contribution in [0.5, 0.6) is 0 Å². The van der Waals surface area contributed by atoms with Gasteiger partial charge in [0.25, 0.3) is 5.91 Å². The maximum Gasteiger partial charge on any atom is 0.433 e. The minimum atomic E-state index is -4.65. The minimum absolute atomic E-state index is 0.0195. The van der Waals surface area contributed by atoms with Gasteiger partial charge in [0, 0.05) is 36.1 Å². The smallest absolute Gasteiger partial charge is 0.330 e. The number of piperidine rings is 1. The van der Waals surface area contributed by atoms with Gasteiger partial charge in [-0.15, -0.1) is 0 Å². The first-order chi connectivity index (χ1) is 16.9. The average molecular weight is 477 g/mol. The van der Waals surface area contributed by atoms with Crippen molar-refractivity contribution in [2.24, 2.45) is 0 Å². The molecule has 0 radical (unpaired) electrons. The molecule has 0 saturated carbocycles. The van der Waals surface area contributed by atoms with E-state index < -0.39 is 17.8 Å². The van der Waals surface area contributed by atoms with Crippen LogP contribution in [-0.2, 0) is 19.0 Å².